The third-order valence-corrected chi connectivity index (χ3v) is 2.62. The molecule has 88 valence electrons. The zero-order chi connectivity index (χ0) is 12.0. The molecular weight excluding hydrogens is 202 g/mol. The highest BCUT2D eigenvalue weighted by molar-refractivity contribution is 5.89. The van der Waals surface area contributed by atoms with E-state index < -0.39 is 0 Å². The molecule has 0 aliphatic carbocycles. The van der Waals surface area contributed by atoms with E-state index in [-0.39, 0.29) is 12.0 Å². The summed E-state index contributed by atoms with van der Waals surface area (Å²) in [4.78, 5) is 13.7. The van der Waals surface area contributed by atoms with Crippen LogP contribution >= 0.6 is 0 Å². The quantitative estimate of drug-likeness (QED) is 0.714. The number of carbonyl (C=O) groups excluding carboxylic acids is 1. The molecule has 0 heterocycles. The lowest BCUT2D eigenvalue weighted by molar-refractivity contribution is 0.0397. The first kappa shape index (κ1) is 12.7. The number of hydrogen-bond acceptors (Lipinski definition) is 3. The molecule has 16 heavy (non-hydrogen) atoms. The van der Waals surface area contributed by atoms with Crippen molar-refractivity contribution < 1.29 is 9.53 Å². The van der Waals surface area contributed by atoms with Crippen LogP contribution in [0.25, 0.3) is 0 Å². The Labute approximate surface area is 97.0 Å². The largest absolute Gasteiger partial charge is 0.460 e. The average Bonchev–Trinajstić information content (AvgIpc) is 2.30. The van der Waals surface area contributed by atoms with E-state index in [4.69, 9.17) is 4.74 Å². The van der Waals surface area contributed by atoms with Crippen molar-refractivity contribution in [3.63, 3.8) is 0 Å². The molecule has 1 atom stereocenters. The number of benzene rings is 1. The number of hydrogen-bond donors (Lipinski definition) is 0. The van der Waals surface area contributed by atoms with Gasteiger partial charge < -0.3 is 9.64 Å². The number of carbonyl (C=O) groups is 1. The van der Waals surface area contributed by atoms with Gasteiger partial charge in [0.1, 0.15) is 6.61 Å². The Morgan fingerprint density at radius 3 is 2.44 bits per heavy atom. The van der Waals surface area contributed by atoms with Gasteiger partial charge in [0.25, 0.3) is 0 Å². The van der Waals surface area contributed by atoms with Crippen LogP contribution in [0.3, 0.4) is 0 Å². The molecule has 0 radical (unpaired) electrons. The first-order chi connectivity index (χ1) is 7.65. The van der Waals surface area contributed by atoms with Crippen molar-refractivity contribution in [3.8, 4) is 0 Å². The van der Waals surface area contributed by atoms with Gasteiger partial charge in [-0.15, -0.1) is 0 Å². The fourth-order valence-corrected chi connectivity index (χ4v) is 1.46. The Kier molecular flexibility index (Phi) is 4.99. The summed E-state index contributed by atoms with van der Waals surface area (Å²) in [6, 6.07) is 9.36. The van der Waals surface area contributed by atoms with Crippen LogP contribution in [-0.4, -0.2) is 37.6 Å². The standard InChI is InChI=1S/C13H19NO2/c1-4-12(14(2)3)10-16-13(15)11-8-6-5-7-9-11/h5-9,12H,4,10H2,1-3H3. The Morgan fingerprint density at radius 2 is 1.94 bits per heavy atom. The Balaban J connectivity index is 2.47. The zero-order valence-corrected chi connectivity index (χ0v) is 10.1. The normalized spacial score (nSPS) is 12.5. The van der Waals surface area contributed by atoms with E-state index in [1.807, 2.05) is 32.3 Å². The maximum absolute atomic E-state index is 11.6. The van der Waals surface area contributed by atoms with Gasteiger partial charge in [-0.2, -0.15) is 0 Å². The molecule has 0 aliphatic rings. The minimum absolute atomic E-state index is 0.249. The van der Waals surface area contributed by atoms with Crippen LogP contribution in [0.1, 0.15) is 23.7 Å². The number of nitrogens with zero attached hydrogens (tertiary/aromatic N) is 1. The molecule has 1 aromatic carbocycles. The topological polar surface area (TPSA) is 29.5 Å². The van der Waals surface area contributed by atoms with Gasteiger partial charge in [-0.05, 0) is 32.6 Å². The molecule has 0 fully saturated rings. The molecule has 0 aliphatic heterocycles. The fraction of sp³-hybridized carbons (Fsp3) is 0.462. The van der Waals surface area contributed by atoms with E-state index in [2.05, 4.69) is 11.8 Å². The van der Waals surface area contributed by atoms with E-state index in [0.29, 0.717) is 12.2 Å². The molecule has 3 nitrogen and oxygen atoms in total. The number of ether oxygens (including phenoxy) is 1. The molecule has 1 aromatic rings. The molecule has 0 N–H and O–H groups in total. The Morgan fingerprint density at radius 1 is 1.31 bits per heavy atom. The van der Waals surface area contributed by atoms with Gasteiger partial charge in [0.2, 0.25) is 0 Å². The van der Waals surface area contributed by atoms with Crippen molar-refractivity contribution in [2.24, 2.45) is 0 Å². The maximum Gasteiger partial charge on any atom is 0.338 e. The lowest BCUT2D eigenvalue weighted by Crippen LogP contribution is -2.32. The summed E-state index contributed by atoms with van der Waals surface area (Å²) < 4.78 is 5.26. The van der Waals surface area contributed by atoms with E-state index in [9.17, 15) is 4.79 Å². The molecule has 0 saturated heterocycles. The van der Waals surface area contributed by atoms with Crippen molar-refractivity contribution >= 4 is 5.97 Å². The molecule has 0 spiro atoms. The molecule has 0 amide bonds. The summed E-state index contributed by atoms with van der Waals surface area (Å²) in [7, 11) is 3.98. The lowest BCUT2D eigenvalue weighted by Gasteiger charge is -2.22. The molecule has 0 saturated carbocycles. The second-order valence-electron chi connectivity index (χ2n) is 3.99. The molecule has 0 bridgehead atoms. The van der Waals surface area contributed by atoms with Crippen LogP contribution in [0.5, 0.6) is 0 Å². The van der Waals surface area contributed by atoms with Crippen LogP contribution < -0.4 is 0 Å². The molecule has 0 aromatic heterocycles. The van der Waals surface area contributed by atoms with Crippen LogP contribution in [0.2, 0.25) is 0 Å². The van der Waals surface area contributed by atoms with Crippen molar-refractivity contribution in [3.05, 3.63) is 35.9 Å². The summed E-state index contributed by atoms with van der Waals surface area (Å²) in [6.45, 7) is 2.53. The summed E-state index contributed by atoms with van der Waals surface area (Å²) >= 11 is 0. The first-order valence-corrected chi connectivity index (χ1v) is 5.53. The predicted molar refractivity (Wildman–Crippen MR) is 64.5 cm³/mol. The summed E-state index contributed by atoms with van der Waals surface area (Å²) in [5, 5.41) is 0. The second kappa shape index (κ2) is 6.28. The van der Waals surface area contributed by atoms with E-state index in [0.717, 1.165) is 6.42 Å². The zero-order valence-electron chi connectivity index (χ0n) is 10.1. The SMILES string of the molecule is CCC(COC(=O)c1ccccc1)N(C)C. The van der Waals surface area contributed by atoms with Crippen LogP contribution in [0.4, 0.5) is 0 Å². The number of rotatable bonds is 5. The van der Waals surface area contributed by atoms with E-state index >= 15 is 0 Å². The van der Waals surface area contributed by atoms with Gasteiger partial charge in [-0.1, -0.05) is 25.1 Å². The number of esters is 1. The third kappa shape index (κ3) is 3.66. The van der Waals surface area contributed by atoms with Crippen LogP contribution in [0.15, 0.2) is 30.3 Å². The predicted octanol–water partition coefficient (Wildman–Crippen LogP) is 2.18. The highest BCUT2D eigenvalue weighted by Crippen LogP contribution is 2.04. The Bertz CT molecular complexity index is 322. The van der Waals surface area contributed by atoms with Gasteiger partial charge in [-0.25, -0.2) is 4.79 Å². The minimum atomic E-state index is -0.249. The summed E-state index contributed by atoms with van der Waals surface area (Å²) in [6.07, 6.45) is 0.967. The third-order valence-electron chi connectivity index (χ3n) is 2.62. The molecule has 1 rings (SSSR count). The van der Waals surface area contributed by atoms with Crippen LogP contribution in [-0.2, 0) is 4.74 Å². The summed E-state index contributed by atoms with van der Waals surface area (Å²) in [5.74, 6) is -0.249. The Hall–Kier alpha value is -1.35. The number of likely N-dealkylation sites (N-methyl/N-ethyl adjacent to an activating group) is 1. The van der Waals surface area contributed by atoms with Crippen molar-refractivity contribution in [2.45, 2.75) is 19.4 Å². The molecule has 3 heteroatoms. The van der Waals surface area contributed by atoms with Crippen LogP contribution in [0, 0.1) is 0 Å². The monoisotopic (exact) mass is 221 g/mol. The van der Waals surface area contributed by atoms with Gasteiger partial charge in [0.05, 0.1) is 5.56 Å². The van der Waals surface area contributed by atoms with Gasteiger partial charge >= 0.3 is 5.97 Å². The smallest absolute Gasteiger partial charge is 0.338 e. The fourth-order valence-electron chi connectivity index (χ4n) is 1.46. The van der Waals surface area contributed by atoms with E-state index in [1.54, 1.807) is 12.1 Å². The van der Waals surface area contributed by atoms with Gasteiger partial charge in [0, 0.05) is 6.04 Å². The van der Waals surface area contributed by atoms with Gasteiger partial charge in [-0.3, -0.25) is 0 Å². The summed E-state index contributed by atoms with van der Waals surface area (Å²) in [5.41, 5.74) is 0.608. The van der Waals surface area contributed by atoms with Gasteiger partial charge in [0.15, 0.2) is 0 Å². The average molecular weight is 221 g/mol. The van der Waals surface area contributed by atoms with Crippen molar-refractivity contribution in [1.82, 2.24) is 4.90 Å². The highest BCUT2D eigenvalue weighted by Gasteiger charge is 2.12. The van der Waals surface area contributed by atoms with Crippen molar-refractivity contribution in [2.75, 3.05) is 20.7 Å². The minimum Gasteiger partial charge on any atom is -0.460 e. The van der Waals surface area contributed by atoms with E-state index in [1.165, 1.54) is 0 Å². The molecular formula is C13H19NO2. The highest BCUT2D eigenvalue weighted by atomic mass is 16.5. The molecule has 1 unspecified atom stereocenters. The first-order valence-electron chi connectivity index (χ1n) is 5.53. The lowest BCUT2D eigenvalue weighted by atomic mass is 10.2. The maximum atomic E-state index is 11.6. The second-order valence-corrected chi connectivity index (χ2v) is 3.99. The van der Waals surface area contributed by atoms with Crippen molar-refractivity contribution in [1.29, 1.82) is 0 Å².